The second-order valence-corrected chi connectivity index (χ2v) is 6.65. The lowest BCUT2D eigenvalue weighted by Gasteiger charge is -2.46. The van der Waals surface area contributed by atoms with Crippen LogP contribution < -0.4 is 5.32 Å². The summed E-state index contributed by atoms with van der Waals surface area (Å²) in [6, 6.07) is -0.270. The lowest BCUT2D eigenvalue weighted by Crippen LogP contribution is -2.71. The summed E-state index contributed by atoms with van der Waals surface area (Å²) in [6.07, 6.45) is 5.55. The van der Waals surface area contributed by atoms with Gasteiger partial charge < -0.3 is 15.0 Å². The SMILES string of the molecule is CCC1(CC)NC(=O)C(C2CC2)N(CC2CCCO2)C1=O. The third-order valence-corrected chi connectivity index (χ3v) is 5.34. The van der Waals surface area contributed by atoms with Crippen molar-refractivity contribution in [3.8, 4) is 0 Å². The summed E-state index contributed by atoms with van der Waals surface area (Å²) in [5.41, 5.74) is -0.707. The topological polar surface area (TPSA) is 58.6 Å². The van der Waals surface area contributed by atoms with E-state index in [9.17, 15) is 9.59 Å². The normalized spacial score (nSPS) is 32.4. The van der Waals surface area contributed by atoms with Crippen LogP contribution in [0.1, 0.15) is 52.4 Å². The molecule has 2 amide bonds. The number of amides is 2. The van der Waals surface area contributed by atoms with Crippen molar-refractivity contribution in [3.63, 3.8) is 0 Å². The van der Waals surface area contributed by atoms with Crippen molar-refractivity contribution in [1.29, 1.82) is 0 Å². The summed E-state index contributed by atoms with van der Waals surface area (Å²) in [5, 5.41) is 3.03. The van der Waals surface area contributed by atoms with Gasteiger partial charge in [0, 0.05) is 13.2 Å². The first-order valence-corrected chi connectivity index (χ1v) is 8.36. The number of nitrogens with one attached hydrogen (secondary N) is 1. The summed E-state index contributed by atoms with van der Waals surface area (Å²) in [7, 11) is 0. The van der Waals surface area contributed by atoms with Crippen molar-refractivity contribution in [1.82, 2.24) is 10.2 Å². The maximum absolute atomic E-state index is 13.0. The Morgan fingerprint density at radius 2 is 1.95 bits per heavy atom. The summed E-state index contributed by atoms with van der Waals surface area (Å²) in [6.45, 7) is 5.31. The van der Waals surface area contributed by atoms with Crippen LogP contribution in [0, 0.1) is 5.92 Å². The van der Waals surface area contributed by atoms with E-state index < -0.39 is 5.54 Å². The van der Waals surface area contributed by atoms with E-state index in [4.69, 9.17) is 4.74 Å². The van der Waals surface area contributed by atoms with Gasteiger partial charge in [-0.1, -0.05) is 13.8 Å². The predicted molar refractivity (Wildman–Crippen MR) is 78.7 cm³/mol. The van der Waals surface area contributed by atoms with Gasteiger partial charge in [0.05, 0.1) is 6.10 Å². The smallest absolute Gasteiger partial charge is 0.249 e. The maximum Gasteiger partial charge on any atom is 0.249 e. The summed E-state index contributed by atoms with van der Waals surface area (Å²) < 4.78 is 5.70. The van der Waals surface area contributed by atoms with Crippen LogP contribution in [0.25, 0.3) is 0 Å². The number of hydrogen-bond donors (Lipinski definition) is 1. The van der Waals surface area contributed by atoms with Gasteiger partial charge in [0.1, 0.15) is 11.6 Å². The molecule has 2 unspecified atom stereocenters. The molecule has 2 saturated heterocycles. The zero-order valence-electron chi connectivity index (χ0n) is 13.1. The first kappa shape index (κ1) is 14.8. The van der Waals surface area contributed by atoms with Gasteiger partial charge in [0.2, 0.25) is 11.8 Å². The van der Waals surface area contributed by atoms with E-state index in [0.717, 1.165) is 32.3 Å². The number of nitrogens with zero attached hydrogens (tertiary/aromatic N) is 1. The van der Waals surface area contributed by atoms with Gasteiger partial charge in [-0.05, 0) is 44.4 Å². The minimum Gasteiger partial charge on any atom is -0.376 e. The summed E-state index contributed by atoms with van der Waals surface area (Å²) in [5.74, 6) is 0.486. The van der Waals surface area contributed by atoms with E-state index >= 15 is 0 Å². The number of rotatable bonds is 5. The Labute approximate surface area is 126 Å². The van der Waals surface area contributed by atoms with Crippen LogP contribution in [0.4, 0.5) is 0 Å². The molecular weight excluding hydrogens is 268 g/mol. The minimum atomic E-state index is -0.707. The van der Waals surface area contributed by atoms with Gasteiger partial charge in [0.25, 0.3) is 0 Å². The Morgan fingerprint density at radius 1 is 1.24 bits per heavy atom. The molecule has 2 aliphatic heterocycles. The second-order valence-electron chi connectivity index (χ2n) is 6.65. The quantitative estimate of drug-likeness (QED) is 0.835. The molecule has 0 aromatic rings. The molecule has 21 heavy (non-hydrogen) atoms. The average Bonchev–Trinajstić information content (AvgIpc) is 3.18. The molecule has 1 aliphatic carbocycles. The second kappa shape index (κ2) is 5.59. The van der Waals surface area contributed by atoms with Gasteiger partial charge in [-0.15, -0.1) is 0 Å². The molecule has 0 bridgehead atoms. The molecule has 3 aliphatic rings. The molecule has 5 heteroatoms. The van der Waals surface area contributed by atoms with Crippen LogP contribution in [-0.2, 0) is 14.3 Å². The van der Waals surface area contributed by atoms with E-state index in [1.807, 2.05) is 18.7 Å². The fourth-order valence-electron chi connectivity index (χ4n) is 3.72. The monoisotopic (exact) mass is 294 g/mol. The number of hydrogen-bond acceptors (Lipinski definition) is 3. The van der Waals surface area contributed by atoms with Crippen LogP contribution in [0.5, 0.6) is 0 Å². The molecule has 5 nitrogen and oxygen atoms in total. The molecule has 118 valence electrons. The lowest BCUT2D eigenvalue weighted by atomic mass is 9.86. The molecule has 3 rings (SSSR count). The highest BCUT2D eigenvalue weighted by Gasteiger charge is 2.53. The highest BCUT2D eigenvalue weighted by Crippen LogP contribution is 2.39. The van der Waals surface area contributed by atoms with Crippen molar-refractivity contribution in [2.45, 2.75) is 70.1 Å². The molecule has 0 aromatic heterocycles. The Hall–Kier alpha value is -1.10. The van der Waals surface area contributed by atoms with Crippen molar-refractivity contribution < 1.29 is 14.3 Å². The first-order chi connectivity index (χ1) is 10.1. The van der Waals surface area contributed by atoms with Crippen molar-refractivity contribution in [2.24, 2.45) is 5.92 Å². The third-order valence-electron chi connectivity index (χ3n) is 5.34. The van der Waals surface area contributed by atoms with Crippen LogP contribution in [0.2, 0.25) is 0 Å². The Morgan fingerprint density at radius 3 is 2.48 bits per heavy atom. The number of carbonyl (C=O) groups excluding carboxylic acids is 2. The molecule has 2 heterocycles. The molecule has 1 N–H and O–H groups in total. The number of carbonyl (C=O) groups is 2. The molecule has 3 fully saturated rings. The van der Waals surface area contributed by atoms with E-state index in [1.54, 1.807) is 0 Å². The van der Waals surface area contributed by atoms with E-state index in [-0.39, 0.29) is 24.0 Å². The highest BCUT2D eigenvalue weighted by molar-refractivity contribution is 6.00. The maximum atomic E-state index is 13.0. The van der Waals surface area contributed by atoms with Crippen LogP contribution >= 0.6 is 0 Å². The van der Waals surface area contributed by atoms with Gasteiger partial charge in [-0.3, -0.25) is 9.59 Å². The molecule has 0 radical (unpaired) electrons. The van der Waals surface area contributed by atoms with Gasteiger partial charge in [0.15, 0.2) is 0 Å². The van der Waals surface area contributed by atoms with Crippen LogP contribution in [0.3, 0.4) is 0 Å². The van der Waals surface area contributed by atoms with Gasteiger partial charge in [-0.2, -0.15) is 0 Å². The molecule has 0 aromatic carbocycles. The predicted octanol–water partition coefficient (Wildman–Crippen LogP) is 1.46. The van der Waals surface area contributed by atoms with E-state index in [0.29, 0.717) is 25.3 Å². The van der Waals surface area contributed by atoms with Crippen molar-refractivity contribution in [2.75, 3.05) is 13.2 Å². The van der Waals surface area contributed by atoms with Gasteiger partial charge in [-0.25, -0.2) is 0 Å². The largest absolute Gasteiger partial charge is 0.376 e. The molecule has 2 atom stereocenters. The molecular formula is C16H26N2O3. The highest BCUT2D eigenvalue weighted by atomic mass is 16.5. The third kappa shape index (κ3) is 2.56. The zero-order chi connectivity index (χ0) is 15.0. The van der Waals surface area contributed by atoms with Gasteiger partial charge >= 0.3 is 0 Å². The van der Waals surface area contributed by atoms with Crippen molar-refractivity contribution >= 4 is 11.8 Å². The van der Waals surface area contributed by atoms with Crippen LogP contribution in [0.15, 0.2) is 0 Å². The molecule has 1 saturated carbocycles. The zero-order valence-corrected chi connectivity index (χ0v) is 13.1. The number of piperazine rings is 1. The fourth-order valence-corrected chi connectivity index (χ4v) is 3.72. The summed E-state index contributed by atoms with van der Waals surface area (Å²) in [4.78, 5) is 27.5. The molecule has 0 spiro atoms. The Bertz CT molecular complexity index is 423. The Balaban J connectivity index is 1.84. The van der Waals surface area contributed by atoms with Crippen LogP contribution in [-0.4, -0.2) is 47.6 Å². The summed E-state index contributed by atoms with van der Waals surface area (Å²) >= 11 is 0. The average molecular weight is 294 g/mol. The standard InChI is InChI=1S/C16H26N2O3/c1-3-16(4-2)15(20)18(10-12-6-5-9-21-12)13(11-7-8-11)14(19)17-16/h11-13H,3-10H2,1-2H3,(H,17,19). The van der Waals surface area contributed by atoms with Crippen molar-refractivity contribution in [3.05, 3.63) is 0 Å². The first-order valence-electron chi connectivity index (χ1n) is 8.36. The number of ether oxygens (including phenoxy) is 1. The van der Waals surface area contributed by atoms with E-state index in [2.05, 4.69) is 5.32 Å². The minimum absolute atomic E-state index is 0.0406. The lowest BCUT2D eigenvalue weighted by molar-refractivity contribution is -0.158. The Kier molecular flexibility index (Phi) is 3.95. The van der Waals surface area contributed by atoms with E-state index in [1.165, 1.54) is 0 Å². The fraction of sp³-hybridized carbons (Fsp3) is 0.875.